The van der Waals surface area contributed by atoms with Gasteiger partial charge in [-0.25, -0.2) is 4.79 Å². The van der Waals surface area contributed by atoms with Crippen molar-refractivity contribution in [1.29, 1.82) is 0 Å². The van der Waals surface area contributed by atoms with Crippen molar-refractivity contribution in [2.24, 2.45) is 40.3 Å². The van der Waals surface area contributed by atoms with Gasteiger partial charge in [0.05, 0.1) is 54.9 Å². The van der Waals surface area contributed by atoms with Crippen LogP contribution in [0.1, 0.15) is 145 Å². The molecule has 0 aliphatic carbocycles. The minimum atomic E-state index is -2.48. The zero-order chi connectivity index (χ0) is 57.3. The SMILES string of the molecule is CN=C(N)NCCC/C=C/CCCC(C)C1OC(=O)/C(C)=C/C=C/C(C)C(O)CC(O)C(C)C(O)CCC(C)C(O)CC2(O)OC(CC(O)CC(OC(=O)CC(=O)O)CC(O)CC(O)/C(C)=C/C=C/C1C)CC(O)C2O. The fourth-order valence-corrected chi connectivity index (χ4v) is 9.44. The van der Waals surface area contributed by atoms with Crippen molar-refractivity contribution in [3.8, 4) is 0 Å². The summed E-state index contributed by atoms with van der Waals surface area (Å²) >= 11 is 0. The van der Waals surface area contributed by atoms with Gasteiger partial charge in [0.25, 0.3) is 0 Å². The van der Waals surface area contributed by atoms with Crippen LogP contribution in [0.25, 0.3) is 0 Å². The minimum Gasteiger partial charge on any atom is -0.481 e. The number of cyclic esters (lactones) is 1. The van der Waals surface area contributed by atoms with Gasteiger partial charge in [0.15, 0.2) is 11.7 Å². The molecule has 2 rings (SSSR count). The van der Waals surface area contributed by atoms with Gasteiger partial charge >= 0.3 is 17.9 Å². The third-order valence-corrected chi connectivity index (χ3v) is 14.8. The van der Waals surface area contributed by atoms with Crippen molar-refractivity contribution in [3.63, 3.8) is 0 Å². The maximum Gasteiger partial charge on any atom is 0.334 e. The van der Waals surface area contributed by atoms with Gasteiger partial charge in [0, 0.05) is 75.4 Å². The number of aliphatic imine (C=N–C) groups is 1. The van der Waals surface area contributed by atoms with Crippen molar-refractivity contribution in [2.75, 3.05) is 13.6 Å². The van der Waals surface area contributed by atoms with Crippen molar-refractivity contribution in [1.82, 2.24) is 5.32 Å². The Bertz CT molecular complexity index is 1930. The van der Waals surface area contributed by atoms with Crippen LogP contribution >= 0.6 is 0 Å². The minimum absolute atomic E-state index is 0.0676. The molecule has 2 bridgehead atoms. The van der Waals surface area contributed by atoms with E-state index in [9.17, 15) is 70.6 Å². The van der Waals surface area contributed by atoms with Crippen molar-refractivity contribution >= 4 is 23.9 Å². The third kappa shape index (κ3) is 25.2. The van der Waals surface area contributed by atoms with E-state index >= 15 is 0 Å². The molecule has 436 valence electrons. The van der Waals surface area contributed by atoms with Crippen LogP contribution in [0.2, 0.25) is 0 Å². The molecule has 1 fully saturated rings. The second-order valence-corrected chi connectivity index (χ2v) is 21.6. The Kier molecular flexibility index (Phi) is 31.1. The summed E-state index contributed by atoms with van der Waals surface area (Å²) in [5.74, 6) is -7.34. The summed E-state index contributed by atoms with van der Waals surface area (Å²) in [6.07, 6.45) is 1.11. The Labute approximate surface area is 450 Å². The molecule has 0 aromatic rings. The average Bonchev–Trinajstić information content (AvgIpc) is 3.34. The number of carboxylic acid groups (broad SMARTS) is 1. The van der Waals surface area contributed by atoms with E-state index in [1.807, 2.05) is 19.9 Å². The van der Waals surface area contributed by atoms with Gasteiger partial charge in [0.1, 0.15) is 24.7 Å². The highest BCUT2D eigenvalue weighted by Gasteiger charge is 2.50. The molecule has 20 heteroatoms. The number of nitrogens with zero attached hydrogens (tertiary/aromatic N) is 1. The Morgan fingerprint density at radius 1 is 0.816 bits per heavy atom. The van der Waals surface area contributed by atoms with Gasteiger partial charge in [-0.15, -0.1) is 0 Å². The molecule has 0 saturated carbocycles. The molecule has 0 amide bonds. The Balaban J connectivity index is 2.45. The predicted molar refractivity (Wildman–Crippen MR) is 287 cm³/mol. The number of allylic oxidation sites excluding steroid dienone is 6. The molecule has 2 heterocycles. The molecule has 1 saturated heterocycles. The number of unbranched alkanes of at least 4 members (excludes halogenated alkanes) is 2. The quantitative estimate of drug-likeness (QED) is 0.0333. The van der Waals surface area contributed by atoms with E-state index in [0.717, 1.165) is 32.1 Å². The van der Waals surface area contributed by atoms with Crippen LogP contribution in [0, 0.1) is 29.6 Å². The first-order valence-electron chi connectivity index (χ1n) is 27.1. The molecule has 20 nitrogen and oxygen atoms in total. The summed E-state index contributed by atoms with van der Waals surface area (Å²) in [5, 5.41) is 123. The van der Waals surface area contributed by atoms with Crippen LogP contribution < -0.4 is 11.1 Å². The first kappa shape index (κ1) is 68.0. The number of carbonyl (C=O) groups excluding carboxylic acids is 2. The number of fused-ring (bicyclic) bond motifs is 2. The molecule has 2 aliphatic rings. The smallest absolute Gasteiger partial charge is 0.334 e. The molecule has 0 spiro atoms. The van der Waals surface area contributed by atoms with E-state index in [1.165, 1.54) is 0 Å². The van der Waals surface area contributed by atoms with Gasteiger partial charge in [-0.3, -0.25) is 14.6 Å². The van der Waals surface area contributed by atoms with Crippen LogP contribution in [-0.2, 0) is 28.6 Å². The van der Waals surface area contributed by atoms with Gasteiger partial charge in [-0.2, -0.15) is 0 Å². The first-order chi connectivity index (χ1) is 35.7. The summed E-state index contributed by atoms with van der Waals surface area (Å²) in [6, 6.07) is 0. The van der Waals surface area contributed by atoms with Crippen LogP contribution in [0.4, 0.5) is 0 Å². The van der Waals surface area contributed by atoms with Crippen molar-refractivity contribution in [3.05, 3.63) is 59.8 Å². The normalized spacial score (nSPS) is 38.0. The summed E-state index contributed by atoms with van der Waals surface area (Å²) < 4.78 is 17.4. The highest BCUT2D eigenvalue weighted by atomic mass is 16.7. The number of ether oxygens (including phenoxy) is 3. The molecule has 0 aromatic heterocycles. The number of aliphatic carboxylic acids is 1. The number of nitrogens with one attached hydrogen (secondary N) is 1. The van der Waals surface area contributed by atoms with E-state index in [4.69, 9.17) is 19.9 Å². The van der Waals surface area contributed by atoms with E-state index in [2.05, 4.69) is 22.5 Å². The number of aliphatic hydroxyl groups excluding tert-OH is 9. The lowest BCUT2D eigenvalue weighted by molar-refractivity contribution is -0.333. The van der Waals surface area contributed by atoms with Crippen molar-refractivity contribution in [2.45, 2.75) is 224 Å². The number of carboxylic acids is 1. The van der Waals surface area contributed by atoms with E-state index in [1.54, 1.807) is 72.0 Å². The first-order valence-corrected chi connectivity index (χ1v) is 27.1. The Morgan fingerprint density at radius 3 is 2.08 bits per heavy atom. The van der Waals surface area contributed by atoms with Crippen LogP contribution in [0.3, 0.4) is 0 Å². The number of esters is 2. The Morgan fingerprint density at radius 2 is 1.43 bits per heavy atom. The molecular formula is C56H95N3O17. The highest BCUT2D eigenvalue weighted by molar-refractivity contribution is 5.90. The van der Waals surface area contributed by atoms with Gasteiger partial charge in [-0.05, 0) is 82.6 Å². The van der Waals surface area contributed by atoms with E-state index in [-0.39, 0.29) is 63.2 Å². The van der Waals surface area contributed by atoms with Gasteiger partial charge < -0.3 is 81.4 Å². The number of nitrogens with two attached hydrogens (primary N) is 1. The van der Waals surface area contributed by atoms with Crippen LogP contribution in [0.15, 0.2) is 64.7 Å². The average molecular weight is 1080 g/mol. The number of aliphatic hydroxyl groups is 10. The predicted octanol–water partition coefficient (Wildman–Crippen LogP) is 3.37. The van der Waals surface area contributed by atoms with E-state index in [0.29, 0.717) is 23.7 Å². The van der Waals surface area contributed by atoms with Crippen LogP contribution in [0.5, 0.6) is 0 Å². The molecular weight excluding hydrogens is 987 g/mol. The maximum atomic E-state index is 13.6. The summed E-state index contributed by atoms with van der Waals surface area (Å²) in [7, 11) is 1.62. The number of hydrogen-bond donors (Lipinski definition) is 13. The summed E-state index contributed by atoms with van der Waals surface area (Å²) in [6.45, 7) is 13.0. The zero-order valence-corrected chi connectivity index (χ0v) is 46.1. The van der Waals surface area contributed by atoms with Crippen molar-refractivity contribution < 1.29 is 84.8 Å². The second kappa shape index (κ2) is 34.7. The van der Waals surface area contributed by atoms with Crippen LogP contribution in [-0.4, -0.2) is 173 Å². The number of rotatable bonds is 12. The van der Waals surface area contributed by atoms with Gasteiger partial charge in [-0.1, -0.05) is 83.2 Å². The largest absolute Gasteiger partial charge is 0.481 e. The van der Waals surface area contributed by atoms with E-state index < -0.39 is 128 Å². The Hall–Kier alpha value is -4.06. The lowest BCUT2D eigenvalue weighted by Crippen LogP contribution is -2.59. The fourth-order valence-electron chi connectivity index (χ4n) is 9.44. The monoisotopic (exact) mass is 1080 g/mol. The number of guanidine groups is 1. The third-order valence-electron chi connectivity index (χ3n) is 14.8. The molecule has 18 unspecified atom stereocenters. The molecule has 18 atom stereocenters. The molecule has 0 aromatic carbocycles. The number of hydrogen-bond acceptors (Lipinski definition) is 17. The summed E-state index contributed by atoms with van der Waals surface area (Å²) in [4.78, 5) is 41.4. The molecule has 14 N–H and O–H groups in total. The fraction of sp³-hybridized carbons (Fsp3) is 0.750. The highest BCUT2D eigenvalue weighted by Crippen LogP contribution is 2.36. The number of carbonyl (C=O) groups is 3. The molecule has 76 heavy (non-hydrogen) atoms. The zero-order valence-electron chi connectivity index (χ0n) is 46.1. The molecule has 2 aliphatic heterocycles. The van der Waals surface area contributed by atoms with Gasteiger partial charge in [0.2, 0.25) is 0 Å². The lowest BCUT2D eigenvalue weighted by atomic mass is 9.84. The molecule has 0 radical (unpaired) electrons. The second-order valence-electron chi connectivity index (χ2n) is 21.6. The lowest BCUT2D eigenvalue weighted by Gasteiger charge is -2.45. The maximum absolute atomic E-state index is 13.6. The topological polar surface area (TPSA) is 352 Å². The summed E-state index contributed by atoms with van der Waals surface area (Å²) in [5.41, 5.74) is 6.46. The standard InChI is InChI=1S/C56H95N3O17/c1-33-18-15-20-37(5)52(36(4)17-13-11-9-10-12-14-24-59-55(57)58-8)75-54(72)38(6)21-16-19-34(2)46(64)30-47(65)39(7)44(62)23-22-35(3)49(67)32-56(73)53(71)48(66)29-43(76-56)27-40(60)25-42(26-41(61)28-45(33)63)74-51(70)31-50(68)69/h9-10,15-16,18-21,34-37,39-49,52-53,60-67,71,73H,11-14,17,22-32H2,1-8H3,(H,68,69)(H3,57,58,59)/b10-9+,19-16+,20-15+,33-18+,38-21+.